The molecule has 23 heavy (non-hydrogen) atoms. The summed E-state index contributed by atoms with van der Waals surface area (Å²) >= 11 is 0. The van der Waals surface area contributed by atoms with E-state index in [9.17, 15) is 18.0 Å². The molecule has 1 N–H and O–H groups in total. The molecular formula is C15H15F3N2O3. The molecule has 8 heteroatoms. The van der Waals surface area contributed by atoms with Gasteiger partial charge in [-0.05, 0) is 30.7 Å². The van der Waals surface area contributed by atoms with Crippen molar-refractivity contribution in [2.24, 2.45) is 0 Å². The first-order chi connectivity index (χ1) is 11.0. The summed E-state index contributed by atoms with van der Waals surface area (Å²) in [5.74, 6) is 0.238. The molecule has 0 bridgehead atoms. The van der Waals surface area contributed by atoms with Gasteiger partial charge in [0.2, 0.25) is 0 Å². The zero-order valence-corrected chi connectivity index (χ0v) is 12.1. The van der Waals surface area contributed by atoms with Crippen LogP contribution in [-0.4, -0.2) is 24.0 Å². The maximum Gasteiger partial charge on any atom is 0.433 e. The standard InChI is InChI=1S/C15H15F3N2O3/c16-15(17,18)13-5-4-11(9-20-13)14(21)19-6-2-7-22-10-12-3-1-8-23-12/h1,3-5,8-9H,2,6-7,10H2,(H,19,21). The van der Waals surface area contributed by atoms with E-state index in [0.717, 1.165) is 18.3 Å². The SMILES string of the molecule is O=C(NCCCOCc1ccco1)c1ccc(C(F)(F)F)nc1. The smallest absolute Gasteiger partial charge is 0.433 e. The molecule has 5 nitrogen and oxygen atoms in total. The van der Waals surface area contributed by atoms with Crippen molar-refractivity contribution in [3.63, 3.8) is 0 Å². The predicted molar refractivity (Wildman–Crippen MR) is 74.6 cm³/mol. The molecule has 0 aliphatic rings. The summed E-state index contributed by atoms with van der Waals surface area (Å²) in [6, 6.07) is 5.43. The quantitative estimate of drug-likeness (QED) is 0.794. The lowest BCUT2D eigenvalue weighted by molar-refractivity contribution is -0.141. The monoisotopic (exact) mass is 328 g/mol. The van der Waals surface area contributed by atoms with Crippen LogP contribution in [0.25, 0.3) is 0 Å². The maximum atomic E-state index is 12.4. The first kappa shape index (κ1) is 17.0. The van der Waals surface area contributed by atoms with Gasteiger partial charge in [-0.3, -0.25) is 9.78 Å². The van der Waals surface area contributed by atoms with E-state index in [1.54, 1.807) is 18.4 Å². The number of nitrogens with zero attached hydrogens (tertiary/aromatic N) is 1. The van der Waals surface area contributed by atoms with Crippen LogP contribution < -0.4 is 5.32 Å². The van der Waals surface area contributed by atoms with Gasteiger partial charge in [0.25, 0.3) is 5.91 Å². The summed E-state index contributed by atoms with van der Waals surface area (Å²) in [5, 5.41) is 2.59. The number of aromatic nitrogens is 1. The minimum atomic E-state index is -4.51. The number of pyridine rings is 1. The van der Waals surface area contributed by atoms with Crippen LogP contribution in [0.3, 0.4) is 0 Å². The van der Waals surface area contributed by atoms with E-state index in [1.807, 2.05) is 0 Å². The van der Waals surface area contributed by atoms with Crippen molar-refractivity contribution in [2.75, 3.05) is 13.2 Å². The second-order valence-electron chi connectivity index (χ2n) is 4.67. The van der Waals surface area contributed by atoms with Crippen LogP contribution in [0, 0.1) is 0 Å². The van der Waals surface area contributed by atoms with E-state index in [4.69, 9.17) is 9.15 Å². The number of nitrogens with one attached hydrogen (secondary N) is 1. The lowest BCUT2D eigenvalue weighted by atomic mass is 10.2. The third kappa shape index (κ3) is 5.41. The molecule has 0 aromatic carbocycles. The molecule has 0 spiro atoms. The second kappa shape index (κ2) is 7.77. The van der Waals surface area contributed by atoms with E-state index >= 15 is 0 Å². The number of carbonyl (C=O) groups excluding carboxylic acids is 1. The van der Waals surface area contributed by atoms with E-state index in [1.165, 1.54) is 0 Å². The van der Waals surface area contributed by atoms with E-state index < -0.39 is 17.8 Å². The molecule has 0 radical (unpaired) electrons. The summed E-state index contributed by atoms with van der Waals surface area (Å²) < 4.78 is 47.5. The highest BCUT2D eigenvalue weighted by Gasteiger charge is 2.32. The molecule has 2 aromatic heterocycles. The summed E-state index contributed by atoms with van der Waals surface area (Å²) in [4.78, 5) is 15.0. The molecule has 0 atom stereocenters. The number of alkyl halides is 3. The Kier molecular flexibility index (Phi) is 5.75. The Balaban J connectivity index is 1.66. The Bertz CT molecular complexity index is 610. The van der Waals surface area contributed by atoms with Gasteiger partial charge in [-0.1, -0.05) is 0 Å². The minimum absolute atomic E-state index is 0.0782. The lowest BCUT2D eigenvalue weighted by Gasteiger charge is -2.07. The van der Waals surface area contributed by atoms with Gasteiger partial charge < -0.3 is 14.5 Å². The van der Waals surface area contributed by atoms with E-state index in [2.05, 4.69) is 10.3 Å². The molecule has 0 aliphatic heterocycles. The number of amides is 1. The average molecular weight is 328 g/mol. The molecule has 0 aliphatic carbocycles. The van der Waals surface area contributed by atoms with Crippen molar-refractivity contribution < 1.29 is 27.1 Å². The molecule has 2 aromatic rings. The molecule has 0 saturated heterocycles. The van der Waals surface area contributed by atoms with Crippen molar-refractivity contribution in [1.29, 1.82) is 0 Å². The number of furan rings is 1. The van der Waals surface area contributed by atoms with Gasteiger partial charge in [-0.2, -0.15) is 13.2 Å². The molecule has 2 heterocycles. The molecular weight excluding hydrogens is 313 g/mol. The molecule has 0 fully saturated rings. The Morgan fingerprint density at radius 2 is 2.13 bits per heavy atom. The highest BCUT2D eigenvalue weighted by molar-refractivity contribution is 5.93. The topological polar surface area (TPSA) is 64.4 Å². The van der Waals surface area contributed by atoms with Crippen LogP contribution in [-0.2, 0) is 17.5 Å². The van der Waals surface area contributed by atoms with Gasteiger partial charge in [0, 0.05) is 19.3 Å². The molecule has 0 saturated carbocycles. The van der Waals surface area contributed by atoms with Gasteiger partial charge in [0.1, 0.15) is 18.1 Å². The Morgan fingerprint density at radius 1 is 1.30 bits per heavy atom. The molecule has 0 unspecified atom stereocenters. The largest absolute Gasteiger partial charge is 0.467 e. The number of hydrogen-bond donors (Lipinski definition) is 1. The summed E-state index contributed by atoms with van der Waals surface area (Å²) in [6.07, 6.45) is -1.48. The van der Waals surface area contributed by atoms with Crippen molar-refractivity contribution in [2.45, 2.75) is 19.2 Å². The lowest BCUT2D eigenvalue weighted by Crippen LogP contribution is -2.25. The number of halogens is 3. The van der Waals surface area contributed by atoms with Crippen molar-refractivity contribution >= 4 is 5.91 Å². The second-order valence-corrected chi connectivity index (χ2v) is 4.67. The Morgan fingerprint density at radius 3 is 2.74 bits per heavy atom. The van der Waals surface area contributed by atoms with Crippen LogP contribution in [0.15, 0.2) is 41.1 Å². The average Bonchev–Trinajstić information content (AvgIpc) is 3.03. The fourth-order valence-electron chi connectivity index (χ4n) is 1.74. The fraction of sp³-hybridized carbons (Fsp3) is 0.333. The third-order valence-corrected chi connectivity index (χ3v) is 2.89. The summed E-state index contributed by atoms with van der Waals surface area (Å²) in [7, 11) is 0. The van der Waals surface area contributed by atoms with Crippen LogP contribution in [0.2, 0.25) is 0 Å². The fourth-order valence-corrected chi connectivity index (χ4v) is 1.74. The minimum Gasteiger partial charge on any atom is -0.467 e. The number of rotatable bonds is 7. The first-order valence-corrected chi connectivity index (χ1v) is 6.88. The predicted octanol–water partition coefficient (Wildman–Crippen LogP) is 3.03. The van der Waals surface area contributed by atoms with Gasteiger partial charge in [0.15, 0.2) is 0 Å². The van der Waals surface area contributed by atoms with Crippen LogP contribution >= 0.6 is 0 Å². The van der Waals surface area contributed by atoms with Crippen molar-refractivity contribution in [3.8, 4) is 0 Å². The third-order valence-electron chi connectivity index (χ3n) is 2.89. The van der Waals surface area contributed by atoms with Crippen LogP contribution in [0.5, 0.6) is 0 Å². The molecule has 124 valence electrons. The zero-order chi connectivity index (χ0) is 16.7. The number of hydrogen-bond acceptors (Lipinski definition) is 4. The number of ether oxygens (including phenoxy) is 1. The van der Waals surface area contributed by atoms with E-state index in [0.29, 0.717) is 31.9 Å². The number of carbonyl (C=O) groups is 1. The Hall–Kier alpha value is -2.35. The van der Waals surface area contributed by atoms with Crippen molar-refractivity contribution in [1.82, 2.24) is 10.3 Å². The van der Waals surface area contributed by atoms with Gasteiger partial charge in [-0.25, -0.2) is 0 Å². The highest BCUT2D eigenvalue weighted by Crippen LogP contribution is 2.27. The summed E-state index contributed by atoms with van der Waals surface area (Å²) in [5.41, 5.74) is -0.949. The molecule has 2 rings (SSSR count). The first-order valence-electron chi connectivity index (χ1n) is 6.88. The highest BCUT2D eigenvalue weighted by atomic mass is 19.4. The van der Waals surface area contributed by atoms with Crippen LogP contribution in [0.1, 0.15) is 28.2 Å². The Labute approximate surface area is 130 Å². The van der Waals surface area contributed by atoms with Gasteiger partial charge >= 0.3 is 6.18 Å². The molecule has 1 amide bonds. The summed E-state index contributed by atoms with van der Waals surface area (Å²) in [6.45, 7) is 1.12. The normalized spacial score (nSPS) is 11.4. The van der Waals surface area contributed by atoms with Gasteiger partial charge in [0.05, 0.1) is 11.8 Å². The maximum absolute atomic E-state index is 12.4. The van der Waals surface area contributed by atoms with E-state index in [-0.39, 0.29) is 5.56 Å². The van der Waals surface area contributed by atoms with Crippen LogP contribution in [0.4, 0.5) is 13.2 Å². The van der Waals surface area contributed by atoms with Gasteiger partial charge in [-0.15, -0.1) is 0 Å². The van der Waals surface area contributed by atoms with Crippen molar-refractivity contribution in [3.05, 3.63) is 53.7 Å². The zero-order valence-electron chi connectivity index (χ0n) is 12.1.